The number of Topliss-reactive ketones (excluding diaryl/α,β-unsaturated/α-hetero) is 1. The molecule has 30 heavy (non-hydrogen) atoms. The summed E-state index contributed by atoms with van der Waals surface area (Å²) < 4.78 is 48.8. The normalized spacial score (nSPS) is 21.0. The van der Waals surface area contributed by atoms with Crippen LogP contribution in [-0.4, -0.2) is 36.7 Å². The molecular weight excluding hydrogens is 462 g/mol. The highest BCUT2D eigenvalue weighted by molar-refractivity contribution is 8.09. The Balaban J connectivity index is 2.09. The molecule has 0 aromatic heterocycles. The zero-order valence-electron chi connectivity index (χ0n) is 16.3. The minimum absolute atomic E-state index is 0.0471. The highest BCUT2D eigenvalue weighted by Crippen LogP contribution is 2.54. The number of halogens is 4. The lowest BCUT2D eigenvalue weighted by Crippen LogP contribution is -2.47. The van der Waals surface area contributed by atoms with Crippen molar-refractivity contribution in [2.45, 2.75) is 44.3 Å². The topological polar surface area (TPSA) is 64.6 Å². The van der Waals surface area contributed by atoms with Crippen LogP contribution in [0.1, 0.15) is 36.8 Å². The van der Waals surface area contributed by atoms with E-state index in [1.807, 2.05) is 0 Å². The van der Waals surface area contributed by atoms with Crippen LogP contribution in [0.2, 0.25) is 5.02 Å². The molecule has 1 aliphatic carbocycles. The van der Waals surface area contributed by atoms with E-state index in [2.05, 4.69) is 5.32 Å². The molecule has 1 unspecified atom stereocenters. The van der Waals surface area contributed by atoms with Gasteiger partial charge in [0.15, 0.2) is 6.61 Å². The van der Waals surface area contributed by atoms with Gasteiger partial charge in [-0.05, 0) is 54.8 Å². The van der Waals surface area contributed by atoms with Gasteiger partial charge in [0.1, 0.15) is 11.5 Å². The van der Waals surface area contributed by atoms with Gasteiger partial charge in [-0.25, -0.2) is 0 Å². The summed E-state index contributed by atoms with van der Waals surface area (Å²) in [5.74, 6) is -0.264. The number of hydrogen-bond acceptors (Lipinski definition) is 5. The Hall–Kier alpha value is -1.41. The van der Waals surface area contributed by atoms with Crippen molar-refractivity contribution in [3.8, 4) is 0 Å². The summed E-state index contributed by atoms with van der Waals surface area (Å²) >= 11 is 11.3. The van der Waals surface area contributed by atoms with Crippen LogP contribution in [0, 0.1) is 6.92 Å². The van der Waals surface area contributed by atoms with Crippen molar-refractivity contribution in [1.29, 1.82) is 0 Å². The SMILES string of the molecule is Cc1ccc(Cl)cc1C1=C(OP(C)(=S)OCC(F)(F)F)C2(CCC(=O)CC2)NC1=O. The molecule has 3 rings (SSSR count). The molecule has 1 aliphatic heterocycles. The molecule has 1 saturated carbocycles. The Morgan fingerprint density at radius 3 is 2.50 bits per heavy atom. The van der Waals surface area contributed by atoms with Crippen LogP contribution in [0.5, 0.6) is 0 Å². The van der Waals surface area contributed by atoms with Crippen LogP contribution in [0.25, 0.3) is 5.57 Å². The zero-order valence-corrected chi connectivity index (χ0v) is 18.7. The van der Waals surface area contributed by atoms with Crippen LogP contribution in [0.3, 0.4) is 0 Å². The molecule has 0 saturated heterocycles. The van der Waals surface area contributed by atoms with Gasteiger partial charge in [-0.1, -0.05) is 17.7 Å². The number of hydrogen-bond donors (Lipinski definition) is 1. The van der Waals surface area contributed by atoms with E-state index in [4.69, 9.17) is 32.5 Å². The lowest BCUT2D eigenvalue weighted by molar-refractivity contribution is -0.153. The summed E-state index contributed by atoms with van der Waals surface area (Å²) in [6.45, 7) is -1.90. The van der Waals surface area contributed by atoms with Crippen molar-refractivity contribution in [2.24, 2.45) is 0 Å². The Morgan fingerprint density at radius 1 is 1.27 bits per heavy atom. The van der Waals surface area contributed by atoms with Gasteiger partial charge in [-0.2, -0.15) is 13.2 Å². The second kappa shape index (κ2) is 8.26. The minimum atomic E-state index is -4.57. The molecule has 1 fully saturated rings. The number of rotatable bonds is 5. The fourth-order valence-corrected chi connectivity index (χ4v) is 5.20. The van der Waals surface area contributed by atoms with Crippen LogP contribution < -0.4 is 5.32 Å². The van der Waals surface area contributed by atoms with Crippen molar-refractivity contribution in [1.82, 2.24) is 5.32 Å². The molecule has 1 atom stereocenters. The fraction of sp³-hybridized carbons (Fsp3) is 0.474. The first-order valence-corrected chi connectivity index (χ1v) is 12.6. The maximum atomic E-state index is 13.0. The molecule has 1 spiro atoms. The highest BCUT2D eigenvalue weighted by Gasteiger charge is 2.50. The van der Waals surface area contributed by atoms with Gasteiger partial charge < -0.3 is 14.4 Å². The third-order valence-electron chi connectivity index (χ3n) is 5.09. The van der Waals surface area contributed by atoms with Gasteiger partial charge in [-0.3, -0.25) is 9.59 Å². The van der Waals surface area contributed by atoms with Crippen LogP contribution in [0.15, 0.2) is 24.0 Å². The Bertz CT molecular complexity index is 969. The third kappa shape index (κ3) is 5.07. The van der Waals surface area contributed by atoms with E-state index in [9.17, 15) is 22.8 Å². The van der Waals surface area contributed by atoms with Crippen LogP contribution >= 0.6 is 18.1 Å². The summed E-state index contributed by atoms with van der Waals surface area (Å²) in [4.78, 5) is 24.8. The van der Waals surface area contributed by atoms with E-state index < -0.39 is 30.7 Å². The van der Waals surface area contributed by atoms with Crippen molar-refractivity contribution in [2.75, 3.05) is 13.3 Å². The number of benzene rings is 1. The predicted octanol–water partition coefficient (Wildman–Crippen LogP) is 4.91. The molecule has 0 radical (unpaired) electrons. The van der Waals surface area contributed by atoms with Crippen molar-refractivity contribution in [3.05, 3.63) is 40.1 Å². The Morgan fingerprint density at radius 2 is 1.90 bits per heavy atom. The lowest BCUT2D eigenvalue weighted by Gasteiger charge is -2.36. The number of carbonyl (C=O) groups excluding carboxylic acids is 2. The number of carbonyl (C=O) groups is 2. The second-order valence-corrected chi connectivity index (χ2v) is 11.9. The molecule has 0 bridgehead atoms. The zero-order chi connectivity index (χ0) is 22.3. The number of nitrogens with one attached hydrogen (secondary N) is 1. The summed E-state index contributed by atoms with van der Waals surface area (Å²) in [6, 6.07) is 4.99. The highest BCUT2D eigenvalue weighted by atomic mass is 35.5. The van der Waals surface area contributed by atoms with Gasteiger partial charge >= 0.3 is 6.18 Å². The molecule has 1 heterocycles. The van der Waals surface area contributed by atoms with Gasteiger partial charge in [-0.15, -0.1) is 0 Å². The monoisotopic (exact) mass is 481 g/mol. The first-order chi connectivity index (χ1) is 13.8. The summed E-state index contributed by atoms with van der Waals surface area (Å²) in [6.07, 6.45) is -3.60. The van der Waals surface area contributed by atoms with Crippen molar-refractivity contribution >= 4 is 47.2 Å². The average molecular weight is 482 g/mol. The van der Waals surface area contributed by atoms with Crippen LogP contribution in [0.4, 0.5) is 13.2 Å². The van der Waals surface area contributed by atoms with Gasteiger partial charge in [0.25, 0.3) is 5.91 Å². The third-order valence-corrected chi connectivity index (χ3v) is 6.98. The Kier molecular flexibility index (Phi) is 6.41. The van der Waals surface area contributed by atoms with E-state index in [-0.39, 0.29) is 42.8 Å². The van der Waals surface area contributed by atoms with E-state index in [1.54, 1.807) is 25.1 Å². The molecule has 1 N–H and O–H groups in total. The molecule has 11 heteroatoms. The smallest absolute Gasteiger partial charge is 0.412 e. The quantitative estimate of drug-likeness (QED) is 0.606. The van der Waals surface area contributed by atoms with Crippen molar-refractivity contribution < 1.29 is 31.8 Å². The number of ketones is 1. The van der Waals surface area contributed by atoms with Crippen molar-refractivity contribution in [3.63, 3.8) is 0 Å². The van der Waals surface area contributed by atoms with Gasteiger partial charge in [0, 0.05) is 24.5 Å². The van der Waals surface area contributed by atoms with Gasteiger partial charge in [0.2, 0.25) is 6.49 Å². The molecule has 5 nitrogen and oxygen atoms in total. The molecule has 1 aromatic rings. The molecule has 1 amide bonds. The van der Waals surface area contributed by atoms with E-state index in [0.717, 1.165) is 5.56 Å². The molecule has 1 aromatic carbocycles. The number of alkyl halides is 3. The first-order valence-electron chi connectivity index (χ1n) is 9.16. The molecule has 2 aliphatic rings. The number of aryl methyl sites for hydroxylation is 1. The minimum Gasteiger partial charge on any atom is -0.445 e. The maximum Gasteiger partial charge on any atom is 0.412 e. The molecule has 164 valence electrons. The summed E-state index contributed by atoms with van der Waals surface area (Å²) in [7, 11) is 0. The fourth-order valence-electron chi connectivity index (χ4n) is 3.61. The van der Waals surface area contributed by atoms with E-state index >= 15 is 0 Å². The Labute approximate surface area is 182 Å². The number of amides is 1. The van der Waals surface area contributed by atoms with Crippen LogP contribution in [-0.2, 0) is 30.4 Å². The molecular formula is C19H20ClF3NO4PS. The van der Waals surface area contributed by atoms with E-state index in [0.29, 0.717) is 10.6 Å². The average Bonchev–Trinajstić information content (AvgIpc) is 2.88. The first kappa shape index (κ1) is 23.3. The lowest BCUT2D eigenvalue weighted by atomic mass is 9.80. The standard InChI is InChI=1S/C19H20ClF3NO4PS/c1-11-3-4-12(20)9-14(11)15-16(28-29(2,30)27-10-19(21,22)23)18(24-17(15)26)7-5-13(25)6-8-18/h3-4,9H,5-8,10H2,1-2H3,(H,24,26). The largest absolute Gasteiger partial charge is 0.445 e. The van der Waals surface area contributed by atoms with Gasteiger partial charge in [0.05, 0.1) is 11.1 Å². The second-order valence-electron chi connectivity index (χ2n) is 7.49. The summed E-state index contributed by atoms with van der Waals surface area (Å²) in [5.41, 5.74) is 0.373. The summed E-state index contributed by atoms with van der Waals surface area (Å²) in [5, 5.41) is 3.28. The van der Waals surface area contributed by atoms with E-state index in [1.165, 1.54) is 6.66 Å². The maximum absolute atomic E-state index is 13.0. The predicted molar refractivity (Wildman–Crippen MR) is 111 cm³/mol.